The molecule has 1 aliphatic carbocycles. The van der Waals surface area contributed by atoms with Crippen LogP contribution in [0.3, 0.4) is 0 Å². The van der Waals surface area contributed by atoms with E-state index in [-0.39, 0.29) is 17.8 Å². The van der Waals surface area contributed by atoms with E-state index in [1.807, 2.05) is 0 Å². The number of rotatable bonds is 3. The molecule has 0 aromatic heterocycles. The van der Waals surface area contributed by atoms with Crippen LogP contribution in [-0.4, -0.2) is 24.5 Å². The minimum absolute atomic E-state index is 0.0612. The van der Waals surface area contributed by atoms with Gasteiger partial charge < -0.3 is 10.6 Å². The second kappa shape index (κ2) is 4.17. The van der Waals surface area contributed by atoms with E-state index in [0.717, 1.165) is 13.0 Å². The van der Waals surface area contributed by atoms with E-state index in [4.69, 9.17) is 0 Å². The second-order valence-electron chi connectivity index (χ2n) is 5.12. The first-order valence-corrected chi connectivity index (χ1v) is 5.87. The summed E-state index contributed by atoms with van der Waals surface area (Å²) in [4.78, 5) is 11.9. The Morgan fingerprint density at radius 3 is 2.62 bits per heavy atom. The Kier molecular flexibility index (Phi) is 3.02. The number of nitrogens with one attached hydrogen (secondary N) is 2. The van der Waals surface area contributed by atoms with Crippen LogP contribution >= 0.6 is 0 Å². The normalized spacial score (nSPS) is 32.9. The Labute approximate surface area is 95.5 Å². The van der Waals surface area contributed by atoms with E-state index in [0.29, 0.717) is 17.4 Å². The van der Waals surface area contributed by atoms with Crippen molar-refractivity contribution in [3.8, 4) is 0 Å². The van der Waals surface area contributed by atoms with E-state index in [9.17, 15) is 9.18 Å². The highest BCUT2D eigenvalue weighted by molar-refractivity contribution is 5.83. The van der Waals surface area contributed by atoms with Crippen molar-refractivity contribution in [2.75, 3.05) is 6.54 Å². The van der Waals surface area contributed by atoms with Gasteiger partial charge in [0.15, 0.2) is 0 Å². The number of carbonyl (C=O) groups excluding carboxylic acids is 1. The molecule has 1 amide bonds. The number of hydrogen-bond acceptors (Lipinski definition) is 2. The van der Waals surface area contributed by atoms with Crippen molar-refractivity contribution in [2.24, 2.45) is 11.8 Å². The van der Waals surface area contributed by atoms with Crippen LogP contribution in [0.15, 0.2) is 11.4 Å². The third-order valence-corrected chi connectivity index (χ3v) is 3.50. The number of amides is 1. The van der Waals surface area contributed by atoms with Gasteiger partial charge in [0.05, 0.1) is 12.1 Å². The number of halogens is 1. The largest absolute Gasteiger partial charge is 0.346 e. The zero-order chi connectivity index (χ0) is 11.9. The summed E-state index contributed by atoms with van der Waals surface area (Å²) in [6, 6.07) is -0.616. The molecule has 4 heteroatoms. The van der Waals surface area contributed by atoms with Crippen LogP contribution in [0.2, 0.25) is 0 Å². The molecule has 1 aliphatic heterocycles. The fourth-order valence-corrected chi connectivity index (χ4v) is 2.43. The number of carbonyl (C=O) groups is 1. The molecule has 0 bridgehead atoms. The van der Waals surface area contributed by atoms with Crippen LogP contribution in [0.25, 0.3) is 0 Å². The third-order valence-electron chi connectivity index (χ3n) is 3.50. The number of hydrogen-bond donors (Lipinski definition) is 2. The summed E-state index contributed by atoms with van der Waals surface area (Å²) in [5.41, 5.74) is 0.622. The van der Waals surface area contributed by atoms with Crippen molar-refractivity contribution >= 4 is 5.91 Å². The van der Waals surface area contributed by atoms with E-state index < -0.39 is 6.04 Å². The number of fused-ring (bicyclic) bond motifs is 1. The average molecular weight is 226 g/mol. The predicted octanol–water partition coefficient (Wildman–Crippen LogP) is 1.36. The summed E-state index contributed by atoms with van der Waals surface area (Å²) in [5.74, 6) is 0.869. The van der Waals surface area contributed by atoms with Gasteiger partial charge in [0.25, 0.3) is 0 Å². The molecule has 1 heterocycles. The molecule has 2 fully saturated rings. The van der Waals surface area contributed by atoms with E-state index in [1.54, 1.807) is 20.8 Å². The first-order chi connectivity index (χ1) is 7.50. The SMILES string of the molecule is CC(C)=C(F)[C@@H](C)NC(=O)[C@H]1NC[C@H]2C[C@H]21. The fourth-order valence-electron chi connectivity index (χ4n) is 2.43. The summed E-state index contributed by atoms with van der Waals surface area (Å²) < 4.78 is 13.5. The molecule has 2 rings (SSSR count). The van der Waals surface area contributed by atoms with Crippen molar-refractivity contribution in [3.05, 3.63) is 11.4 Å². The van der Waals surface area contributed by atoms with Gasteiger partial charge in [0.2, 0.25) is 5.91 Å². The molecule has 0 unspecified atom stereocenters. The Morgan fingerprint density at radius 2 is 2.19 bits per heavy atom. The van der Waals surface area contributed by atoms with Gasteiger partial charge in [-0.15, -0.1) is 0 Å². The highest BCUT2D eigenvalue weighted by Gasteiger charge is 2.51. The Bertz CT molecular complexity index is 336. The maximum absolute atomic E-state index is 13.5. The monoisotopic (exact) mass is 226 g/mol. The molecule has 90 valence electrons. The summed E-state index contributed by atoms with van der Waals surface area (Å²) in [6.45, 7) is 6.04. The molecule has 4 atom stereocenters. The zero-order valence-electron chi connectivity index (χ0n) is 10.0. The average Bonchev–Trinajstić information content (AvgIpc) is 2.88. The van der Waals surface area contributed by atoms with Gasteiger partial charge in [0.1, 0.15) is 5.83 Å². The fraction of sp³-hybridized carbons (Fsp3) is 0.750. The van der Waals surface area contributed by atoms with Crippen molar-refractivity contribution < 1.29 is 9.18 Å². The van der Waals surface area contributed by atoms with Crippen LogP contribution in [0.5, 0.6) is 0 Å². The lowest BCUT2D eigenvalue weighted by atomic mass is 10.1. The Hall–Kier alpha value is -0.900. The molecule has 1 saturated carbocycles. The molecule has 2 aliphatic rings. The molecule has 1 saturated heterocycles. The smallest absolute Gasteiger partial charge is 0.237 e. The number of piperidine rings is 1. The lowest BCUT2D eigenvalue weighted by molar-refractivity contribution is -0.123. The highest BCUT2D eigenvalue weighted by atomic mass is 19.1. The molecule has 0 aromatic carbocycles. The lowest BCUT2D eigenvalue weighted by Gasteiger charge is -2.18. The van der Waals surface area contributed by atoms with Crippen molar-refractivity contribution in [2.45, 2.75) is 39.3 Å². The van der Waals surface area contributed by atoms with Gasteiger partial charge in [-0.3, -0.25) is 4.79 Å². The Morgan fingerprint density at radius 1 is 1.50 bits per heavy atom. The van der Waals surface area contributed by atoms with Crippen LogP contribution < -0.4 is 10.6 Å². The summed E-state index contributed by atoms with van der Waals surface area (Å²) >= 11 is 0. The van der Waals surface area contributed by atoms with Crippen molar-refractivity contribution in [3.63, 3.8) is 0 Å². The van der Waals surface area contributed by atoms with Gasteiger partial charge in [-0.25, -0.2) is 4.39 Å². The quantitative estimate of drug-likeness (QED) is 0.763. The maximum Gasteiger partial charge on any atom is 0.237 e. The molecular weight excluding hydrogens is 207 g/mol. The van der Waals surface area contributed by atoms with Crippen molar-refractivity contribution in [1.29, 1.82) is 0 Å². The van der Waals surface area contributed by atoms with E-state index in [2.05, 4.69) is 10.6 Å². The molecule has 0 radical (unpaired) electrons. The molecule has 0 spiro atoms. The van der Waals surface area contributed by atoms with Crippen LogP contribution in [-0.2, 0) is 4.79 Å². The summed E-state index contributed by atoms with van der Waals surface area (Å²) in [7, 11) is 0. The summed E-state index contributed by atoms with van der Waals surface area (Å²) in [6.07, 6.45) is 1.14. The topological polar surface area (TPSA) is 41.1 Å². The Balaban J connectivity index is 1.90. The molecule has 0 aromatic rings. The van der Waals surface area contributed by atoms with Gasteiger partial charge in [-0.2, -0.15) is 0 Å². The van der Waals surface area contributed by atoms with Gasteiger partial charge in [-0.05, 0) is 51.1 Å². The van der Waals surface area contributed by atoms with Gasteiger partial charge >= 0.3 is 0 Å². The zero-order valence-corrected chi connectivity index (χ0v) is 10.0. The minimum Gasteiger partial charge on any atom is -0.346 e. The van der Waals surface area contributed by atoms with Gasteiger partial charge in [-0.1, -0.05) is 0 Å². The summed E-state index contributed by atoms with van der Waals surface area (Å²) in [5, 5.41) is 5.90. The molecular formula is C12H19FN2O. The number of allylic oxidation sites excluding steroid dienone is 1. The van der Waals surface area contributed by atoms with Gasteiger partial charge in [0, 0.05) is 0 Å². The molecule has 3 nitrogen and oxygen atoms in total. The molecule has 2 N–H and O–H groups in total. The van der Waals surface area contributed by atoms with Crippen LogP contribution in [0.1, 0.15) is 27.2 Å². The third kappa shape index (κ3) is 2.12. The first-order valence-electron chi connectivity index (χ1n) is 5.87. The van der Waals surface area contributed by atoms with E-state index in [1.165, 1.54) is 0 Å². The standard InChI is InChI=1S/C12H19FN2O/c1-6(2)10(13)7(3)15-12(16)11-9-4-8(9)5-14-11/h7-9,11,14H,4-5H2,1-3H3,(H,15,16)/t7-,8-,9-,11+/m1/s1. The highest BCUT2D eigenvalue weighted by Crippen LogP contribution is 2.45. The molecule has 16 heavy (non-hydrogen) atoms. The van der Waals surface area contributed by atoms with Crippen LogP contribution in [0.4, 0.5) is 4.39 Å². The van der Waals surface area contributed by atoms with Crippen molar-refractivity contribution in [1.82, 2.24) is 10.6 Å². The lowest BCUT2D eigenvalue weighted by Crippen LogP contribution is -2.46. The maximum atomic E-state index is 13.5. The predicted molar refractivity (Wildman–Crippen MR) is 60.5 cm³/mol. The van der Waals surface area contributed by atoms with Crippen LogP contribution in [0, 0.1) is 11.8 Å². The second-order valence-corrected chi connectivity index (χ2v) is 5.12. The minimum atomic E-state index is -0.517. The van der Waals surface area contributed by atoms with E-state index >= 15 is 0 Å². The first kappa shape index (κ1) is 11.6.